The Kier molecular flexibility index (Phi) is 5.37. The normalized spacial score (nSPS) is 10.9. The second-order valence-corrected chi connectivity index (χ2v) is 7.80. The molecule has 0 aliphatic carbocycles. The predicted molar refractivity (Wildman–Crippen MR) is 130 cm³/mol. The first-order valence-electron chi connectivity index (χ1n) is 10.8. The third-order valence-corrected chi connectivity index (χ3v) is 5.60. The van der Waals surface area contributed by atoms with Crippen LogP contribution >= 0.6 is 0 Å². The fraction of sp³-hybridized carbons (Fsp3) is 0.0714. The van der Waals surface area contributed by atoms with Gasteiger partial charge in [0.05, 0.1) is 5.56 Å². The number of aromatic nitrogens is 1. The predicted octanol–water partition coefficient (Wildman–Crippen LogP) is 6.68. The zero-order valence-corrected chi connectivity index (χ0v) is 18.1. The highest BCUT2D eigenvalue weighted by molar-refractivity contribution is 6.04. The number of nitrogens with one attached hydrogen (secondary N) is 1. The van der Waals surface area contributed by atoms with Crippen LogP contribution in [0, 0.1) is 0 Å². The largest absolute Gasteiger partial charge is 0.507 e. The molecule has 0 saturated carbocycles. The fourth-order valence-electron chi connectivity index (χ4n) is 3.74. The molecular formula is C28H22N2O3. The van der Waals surface area contributed by atoms with Crippen LogP contribution in [0.4, 0.5) is 5.69 Å². The van der Waals surface area contributed by atoms with E-state index in [0.29, 0.717) is 28.3 Å². The number of fused-ring (bicyclic) bond motifs is 1. The maximum atomic E-state index is 12.8. The number of benzene rings is 4. The summed E-state index contributed by atoms with van der Waals surface area (Å²) in [5, 5.41) is 13.3. The molecular weight excluding hydrogens is 412 g/mol. The Labute approximate surface area is 191 Å². The van der Waals surface area contributed by atoms with Crippen molar-refractivity contribution in [2.75, 3.05) is 5.32 Å². The molecule has 5 rings (SSSR count). The second kappa shape index (κ2) is 8.63. The van der Waals surface area contributed by atoms with Crippen molar-refractivity contribution in [3.8, 4) is 28.3 Å². The molecule has 5 nitrogen and oxygen atoms in total. The van der Waals surface area contributed by atoms with Crippen molar-refractivity contribution in [3.63, 3.8) is 0 Å². The number of phenolic OH excluding ortho intramolecular Hbond substituents is 1. The van der Waals surface area contributed by atoms with E-state index < -0.39 is 0 Å². The number of aryl methyl sites for hydroxylation is 1. The summed E-state index contributed by atoms with van der Waals surface area (Å²) in [5.74, 6) is 0.0953. The monoisotopic (exact) mass is 434 g/mol. The molecule has 0 fully saturated rings. The summed E-state index contributed by atoms with van der Waals surface area (Å²) in [6.45, 7) is 2.08. The number of carbonyl (C=O) groups is 1. The van der Waals surface area contributed by atoms with Gasteiger partial charge in [0.25, 0.3) is 5.91 Å². The highest BCUT2D eigenvalue weighted by Gasteiger charge is 2.15. The van der Waals surface area contributed by atoms with Crippen molar-refractivity contribution in [1.82, 2.24) is 4.98 Å². The van der Waals surface area contributed by atoms with Crippen LogP contribution in [-0.2, 0) is 6.42 Å². The van der Waals surface area contributed by atoms with E-state index in [-0.39, 0.29) is 11.7 Å². The Morgan fingerprint density at radius 1 is 0.909 bits per heavy atom. The van der Waals surface area contributed by atoms with Crippen LogP contribution in [0.3, 0.4) is 0 Å². The average Bonchev–Trinajstić information content (AvgIpc) is 3.29. The first kappa shape index (κ1) is 20.5. The SMILES string of the molecule is CCc1ccc2oc(-c3cc(NC(=O)c4ccc(-c5ccccc5)cc4)ccc3O)nc2c1. The molecule has 4 aromatic carbocycles. The van der Waals surface area contributed by atoms with Gasteiger partial charge in [-0.3, -0.25) is 4.79 Å². The standard InChI is InChI=1S/C28H22N2O3/c1-2-18-8-15-26-24(16-18)30-28(33-26)23-17-22(13-14-25(23)31)29-27(32)21-11-9-20(10-12-21)19-6-4-3-5-7-19/h3-17,31H,2H2,1H3,(H,29,32). The Balaban J connectivity index is 1.38. The number of phenols is 1. The van der Waals surface area contributed by atoms with E-state index in [4.69, 9.17) is 4.42 Å². The highest BCUT2D eigenvalue weighted by atomic mass is 16.3. The summed E-state index contributed by atoms with van der Waals surface area (Å²) in [6, 6.07) is 28.1. The lowest BCUT2D eigenvalue weighted by atomic mass is 10.0. The molecule has 0 unspecified atom stereocenters. The molecule has 162 valence electrons. The van der Waals surface area contributed by atoms with Crippen LogP contribution in [-0.4, -0.2) is 16.0 Å². The van der Waals surface area contributed by atoms with Gasteiger partial charge in [-0.2, -0.15) is 0 Å². The Bertz CT molecular complexity index is 1440. The van der Waals surface area contributed by atoms with Gasteiger partial charge in [-0.25, -0.2) is 4.98 Å². The first-order valence-corrected chi connectivity index (χ1v) is 10.8. The zero-order valence-electron chi connectivity index (χ0n) is 18.1. The number of anilines is 1. The number of hydrogen-bond donors (Lipinski definition) is 2. The molecule has 2 N–H and O–H groups in total. The van der Waals surface area contributed by atoms with Crippen LogP contribution in [0.5, 0.6) is 5.75 Å². The summed E-state index contributed by atoms with van der Waals surface area (Å²) in [4.78, 5) is 17.3. The number of rotatable bonds is 5. The van der Waals surface area contributed by atoms with E-state index in [1.807, 2.05) is 60.7 Å². The summed E-state index contributed by atoms with van der Waals surface area (Å²) >= 11 is 0. The van der Waals surface area contributed by atoms with Gasteiger partial charge >= 0.3 is 0 Å². The lowest BCUT2D eigenvalue weighted by Crippen LogP contribution is -2.11. The molecule has 1 heterocycles. The van der Waals surface area contributed by atoms with E-state index >= 15 is 0 Å². The molecule has 5 heteroatoms. The van der Waals surface area contributed by atoms with Crippen LogP contribution < -0.4 is 5.32 Å². The number of oxazole rings is 1. The van der Waals surface area contributed by atoms with E-state index in [0.717, 1.165) is 28.6 Å². The fourth-order valence-corrected chi connectivity index (χ4v) is 3.74. The van der Waals surface area contributed by atoms with Crippen LogP contribution in [0.2, 0.25) is 0 Å². The van der Waals surface area contributed by atoms with Crippen molar-refractivity contribution < 1.29 is 14.3 Å². The number of carbonyl (C=O) groups excluding carboxylic acids is 1. The van der Waals surface area contributed by atoms with Gasteiger partial charge in [-0.1, -0.05) is 55.5 Å². The third-order valence-electron chi connectivity index (χ3n) is 5.60. The summed E-state index contributed by atoms with van der Waals surface area (Å²) < 4.78 is 5.85. The quantitative estimate of drug-likeness (QED) is 0.303. The summed E-state index contributed by atoms with van der Waals surface area (Å²) in [6.07, 6.45) is 0.900. The van der Waals surface area contributed by atoms with Gasteiger partial charge in [0.15, 0.2) is 5.58 Å². The van der Waals surface area contributed by atoms with Crippen molar-refractivity contribution in [2.24, 2.45) is 0 Å². The lowest BCUT2D eigenvalue weighted by Gasteiger charge is -2.08. The van der Waals surface area contributed by atoms with Gasteiger partial charge in [0, 0.05) is 11.3 Å². The molecule has 0 aliphatic heterocycles. The van der Waals surface area contributed by atoms with Crippen LogP contribution in [0.1, 0.15) is 22.8 Å². The van der Waals surface area contributed by atoms with E-state index in [1.165, 1.54) is 6.07 Å². The first-order chi connectivity index (χ1) is 16.1. The van der Waals surface area contributed by atoms with Gasteiger partial charge in [0.1, 0.15) is 11.3 Å². The van der Waals surface area contributed by atoms with Crippen LogP contribution in [0.15, 0.2) is 95.4 Å². The second-order valence-electron chi connectivity index (χ2n) is 7.80. The van der Waals surface area contributed by atoms with E-state index in [9.17, 15) is 9.90 Å². The molecule has 0 radical (unpaired) electrons. The van der Waals surface area contributed by atoms with E-state index in [2.05, 4.69) is 17.2 Å². The Morgan fingerprint density at radius 3 is 2.42 bits per heavy atom. The van der Waals surface area contributed by atoms with Crippen molar-refractivity contribution in [3.05, 3.63) is 102 Å². The highest BCUT2D eigenvalue weighted by Crippen LogP contribution is 2.33. The molecule has 1 amide bonds. The molecule has 0 spiro atoms. The Hall–Kier alpha value is -4.38. The van der Waals surface area contributed by atoms with E-state index in [1.54, 1.807) is 24.3 Å². The smallest absolute Gasteiger partial charge is 0.255 e. The summed E-state index contributed by atoms with van der Waals surface area (Å²) in [7, 11) is 0. The average molecular weight is 434 g/mol. The molecule has 1 aromatic heterocycles. The topological polar surface area (TPSA) is 75.4 Å². The van der Waals surface area contributed by atoms with Gasteiger partial charge in [-0.05, 0) is 65.6 Å². The third kappa shape index (κ3) is 4.21. The number of hydrogen-bond acceptors (Lipinski definition) is 4. The minimum Gasteiger partial charge on any atom is -0.507 e. The maximum absolute atomic E-state index is 12.8. The molecule has 33 heavy (non-hydrogen) atoms. The minimum absolute atomic E-state index is 0.0301. The van der Waals surface area contributed by atoms with Gasteiger partial charge < -0.3 is 14.8 Å². The van der Waals surface area contributed by atoms with Crippen molar-refractivity contribution >= 4 is 22.7 Å². The maximum Gasteiger partial charge on any atom is 0.255 e. The molecule has 0 atom stereocenters. The van der Waals surface area contributed by atoms with Crippen molar-refractivity contribution in [2.45, 2.75) is 13.3 Å². The minimum atomic E-state index is -0.239. The lowest BCUT2D eigenvalue weighted by molar-refractivity contribution is 0.102. The Morgan fingerprint density at radius 2 is 1.67 bits per heavy atom. The van der Waals surface area contributed by atoms with Gasteiger partial charge in [-0.15, -0.1) is 0 Å². The molecule has 0 aliphatic rings. The number of aromatic hydroxyl groups is 1. The number of nitrogens with zero attached hydrogens (tertiary/aromatic N) is 1. The summed E-state index contributed by atoms with van der Waals surface area (Å²) in [5.41, 5.74) is 6.17. The van der Waals surface area contributed by atoms with Crippen LogP contribution in [0.25, 0.3) is 33.7 Å². The zero-order chi connectivity index (χ0) is 22.8. The molecule has 5 aromatic rings. The molecule has 0 saturated heterocycles. The molecule has 0 bridgehead atoms. The number of amides is 1. The van der Waals surface area contributed by atoms with Gasteiger partial charge in [0.2, 0.25) is 5.89 Å². The van der Waals surface area contributed by atoms with Crippen molar-refractivity contribution in [1.29, 1.82) is 0 Å².